The van der Waals surface area contributed by atoms with Gasteiger partial charge in [0.25, 0.3) is 0 Å². The maximum absolute atomic E-state index is 11.3. The van der Waals surface area contributed by atoms with Crippen LogP contribution in [0.4, 0.5) is 0 Å². The quantitative estimate of drug-likeness (QED) is 0.718. The standard InChI is InChI=1S/C17H28O/c1-11(2)16-14-6-13-7-15(16)10-17(8-13,9-14)5-4-12(3)18/h11,13-16H,4-10H2,1-3H3. The summed E-state index contributed by atoms with van der Waals surface area (Å²) in [6.45, 7) is 6.61. The number of ketones is 1. The van der Waals surface area contributed by atoms with Gasteiger partial charge in [0, 0.05) is 6.42 Å². The molecule has 4 rings (SSSR count). The van der Waals surface area contributed by atoms with Crippen LogP contribution in [-0.2, 0) is 4.79 Å². The number of rotatable bonds is 4. The van der Waals surface area contributed by atoms with E-state index < -0.39 is 0 Å². The summed E-state index contributed by atoms with van der Waals surface area (Å²) in [6.07, 6.45) is 9.35. The minimum Gasteiger partial charge on any atom is -0.300 e. The molecule has 0 N–H and O–H groups in total. The summed E-state index contributed by atoms with van der Waals surface area (Å²) in [5.41, 5.74) is 0.577. The second-order valence-electron chi connectivity index (χ2n) is 7.99. The Labute approximate surface area is 112 Å². The van der Waals surface area contributed by atoms with Gasteiger partial charge in [-0.2, -0.15) is 0 Å². The predicted octanol–water partition coefficient (Wildman–Crippen LogP) is 4.45. The van der Waals surface area contributed by atoms with E-state index in [9.17, 15) is 4.79 Å². The average Bonchev–Trinajstić information content (AvgIpc) is 2.24. The molecule has 0 spiro atoms. The van der Waals surface area contributed by atoms with Gasteiger partial charge in [-0.05, 0) is 80.5 Å². The average molecular weight is 248 g/mol. The maximum Gasteiger partial charge on any atom is 0.129 e. The molecule has 18 heavy (non-hydrogen) atoms. The van der Waals surface area contributed by atoms with Gasteiger partial charge < -0.3 is 4.79 Å². The van der Waals surface area contributed by atoms with Crippen LogP contribution in [0, 0.1) is 35.0 Å². The topological polar surface area (TPSA) is 17.1 Å². The van der Waals surface area contributed by atoms with Gasteiger partial charge in [-0.3, -0.25) is 0 Å². The van der Waals surface area contributed by atoms with E-state index in [4.69, 9.17) is 0 Å². The van der Waals surface area contributed by atoms with E-state index in [1.807, 2.05) is 0 Å². The van der Waals surface area contributed by atoms with Crippen LogP contribution in [0.2, 0.25) is 0 Å². The van der Waals surface area contributed by atoms with Crippen molar-refractivity contribution in [3.8, 4) is 0 Å². The Morgan fingerprint density at radius 1 is 1.17 bits per heavy atom. The lowest BCUT2D eigenvalue weighted by Gasteiger charge is -2.61. The van der Waals surface area contributed by atoms with Crippen molar-refractivity contribution in [3.05, 3.63) is 0 Å². The van der Waals surface area contributed by atoms with Crippen LogP contribution in [0.3, 0.4) is 0 Å². The summed E-state index contributed by atoms with van der Waals surface area (Å²) in [6, 6.07) is 0. The summed E-state index contributed by atoms with van der Waals surface area (Å²) in [7, 11) is 0. The lowest BCUT2D eigenvalue weighted by molar-refractivity contribution is -0.125. The molecule has 4 aliphatic rings. The summed E-state index contributed by atoms with van der Waals surface area (Å²) in [5, 5.41) is 0. The van der Waals surface area contributed by atoms with Crippen LogP contribution in [0.1, 0.15) is 65.7 Å². The van der Waals surface area contributed by atoms with Crippen molar-refractivity contribution in [2.75, 3.05) is 0 Å². The molecule has 0 aromatic carbocycles. The molecule has 2 unspecified atom stereocenters. The highest BCUT2D eigenvalue weighted by molar-refractivity contribution is 5.75. The number of hydrogen-bond acceptors (Lipinski definition) is 1. The van der Waals surface area contributed by atoms with Crippen molar-refractivity contribution in [3.63, 3.8) is 0 Å². The summed E-state index contributed by atoms with van der Waals surface area (Å²) >= 11 is 0. The number of hydrogen-bond donors (Lipinski definition) is 0. The third-order valence-corrected chi connectivity index (χ3v) is 6.25. The van der Waals surface area contributed by atoms with Crippen LogP contribution in [-0.4, -0.2) is 5.78 Å². The first-order valence-corrected chi connectivity index (χ1v) is 7.98. The zero-order valence-electron chi connectivity index (χ0n) is 12.2. The van der Waals surface area contributed by atoms with Gasteiger partial charge in [0.05, 0.1) is 0 Å². The first-order chi connectivity index (χ1) is 8.49. The molecule has 1 heteroatoms. The summed E-state index contributed by atoms with van der Waals surface area (Å²) < 4.78 is 0. The third-order valence-electron chi connectivity index (χ3n) is 6.25. The zero-order valence-corrected chi connectivity index (χ0v) is 12.2. The van der Waals surface area contributed by atoms with Gasteiger partial charge in [0.2, 0.25) is 0 Å². The lowest BCUT2D eigenvalue weighted by atomic mass is 9.44. The second-order valence-corrected chi connectivity index (χ2v) is 7.99. The van der Waals surface area contributed by atoms with Crippen LogP contribution in [0.15, 0.2) is 0 Å². The normalized spacial score (nSPS) is 45.8. The Morgan fingerprint density at radius 3 is 2.28 bits per heavy atom. The Balaban J connectivity index is 1.76. The van der Waals surface area contributed by atoms with Gasteiger partial charge in [-0.15, -0.1) is 0 Å². The van der Waals surface area contributed by atoms with E-state index in [-0.39, 0.29) is 0 Å². The molecule has 4 aliphatic carbocycles. The molecule has 4 fully saturated rings. The number of carbonyl (C=O) groups is 1. The van der Waals surface area contributed by atoms with Crippen molar-refractivity contribution in [2.24, 2.45) is 35.0 Å². The minimum absolute atomic E-state index is 0.395. The van der Waals surface area contributed by atoms with E-state index in [1.165, 1.54) is 38.5 Å². The Morgan fingerprint density at radius 2 is 1.78 bits per heavy atom. The van der Waals surface area contributed by atoms with E-state index in [0.29, 0.717) is 11.2 Å². The lowest BCUT2D eigenvalue weighted by Crippen LogP contribution is -2.52. The van der Waals surface area contributed by atoms with E-state index in [1.54, 1.807) is 6.92 Å². The highest BCUT2D eigenvalue weighted by Crippen LogP contribution is 2.64. The molecule has 2 atom stereocenters. The van der Waals surface area contributed by atoms with Gasteiger partial charge >= 0.3 is 0 Å². The van der Waals surface area contributed by atoms with Gasteiger partial charge in [0.15, 0.2) is 0 Å². The molecule has 102 valence electrons. The maximum atomic E-state index is 11.3. The third kappa shape index (κ3) is 2.04. The van der Waals surface area contributed by atoms with E-state index in [0.717, 1.165) is 36.0 Å². The first kappa shape index (κ1) is 12.7. The van der Waals surface area contributed by atoms with Gasteiger partial charge in [-0.1, -0.05) is 13.8 Å². The van der Waals surface area contributed by atoms with Crippen molar-refractivity contribution in [2.45, 2.75) is 65.7 Å². The van der Waals surface area contributed by atoms with Crippen molar-refractivity contribution in [1.82, 2.24) is 0 Å². The Hall–Kier alpha value is -0.330. The van der Waals surface area contributed by atoms with Gasteiger partial charge in [-0.25, -0.2) is 0 Å². The molecule has 1 nitrogen and oxygen atoms in total. The molecule has 4 saturated carbocycles. The van der Waals surface area contributed by atoms with Gasteiger partial charge in [0.1, 0.15) is 5.78 Å². The fourth-order valence-electron chi connectivity index (χ4n) is 6.07. The van der Waals surface area contributed by atoms with E-state index in [2.05, 4.69) is 13.8 Å². The molecule has 0 heterocycles. The summed E-state index contributed by atoms with van der Waals surface area (Å²) in [4.78, 5) is 11.3. The number of Topliss-reactive ketones (excluding diaryl/α,β-unsaturated/α-hetero) is 1. The summed E-state index contributed by atoms with van der Waals surface area (Å²) in [5.74, 6) is 5.24. The highest BCUT2D eigenvalue weighted by atomic mass is 16.1. The number of carbonyl (C=O) groups excluding carboxylic acids is 1. The van der Waals surface area contributed by atoms with Crippen LogP contribution >= 0.6 is 0 Å². The Bertz CT molecular complexity index is 328. The SMILES string of the molecule is CC(=O)CCC12CC3CC(C1)C(C(C)C)C(C3)C2. The largest absolute Gasteiger partial charge is 0.300 e. The second kappa shape index (κ2) is 4.35. The molecule has 0 saturated heterocycles. The molecule has 0 aromatic heterocycles. The molecule has 0 aromatic rings. The van der Waals surface area contributed by atoms with Crippen LogP contribution in [0.5, 0.6) is 0 Å². The smallest absolute Gasteiger partial charge is 0.129 e. The molecular formula is C17H28O. The molecule has 0 amide bonds. The van der Waals surface area contributed by atoms with Crippen LogP contribution < -0.4 is 0 Å². The molecule has 0 aliphatic heterocycles. The molecule has 4 bridgehead atoms. The fraction of sp³-hybridized carbons (Fsp3) is 0.941. The van der Waals surface area contributed by atoms with Crippen molar-refractivity contribution < 1.29 is 4.79 Å². The molecule has 0 radical (unpaired) electrons. The monoisotopic (exact) mass is 248 g/mol. The van der Waals surface area contributed by atoms with E-state index >= 15 is 0 Å². The van der Waals surface area contributed by atoms with Crippen molar-refractivity contribution >= 4 is 5.78 Å². The zero-order chi connectivity index (χ0) is 12.9. The van der Waals surface area contributed by atoms with Crippen LogP contribution in [0.25, 0.3) is 0 Å². The fourth-order valence-corrected chi connectivity index (χ4v) is 6.07. The molecular weight excluding hydrogens is 220 g/mol. The van der Waals surface area contributed by atoms with Crippen molar-refractivity contribution in [1.29, 1.82) is 0 Å². The predicted molar refractivity (Wildman–Crippen MR) is 74.2 cm³/mol. The highest BCUT2D eigenvalue weighted by Gasteiger charge is 2.55. The Kier molecular flexibility index (Phi) is 3.07. The minimum atomic E-state index is 0.395. The first-order valence-electron chi connectivity index (χ1n) is 7.98.